The summed E-state index contributed by atoms with van der Waals surface area (Å²) in [6, 6.07) is 0. The molecule has 3 fully saturated rings. The van der Waals surface area contributed by atoms with Crippen LogP contribution in [0.25, 0.3) is 0 Å². The SMILES string of the molecule is Cl.Cn1nc(C2CCNCC2)nc1NC(=O)CC1CC2CCC1C2. The minimum absolute atomic E-state index is 0. The molecule has 1 amide bonds. The molecule has 1 aromatic heterocycles. The van der Waals surface area contributed by atoms with Crippen molar-refractivity contribution in [1.82, 2.24) is 20.1 Å². The van der Waals surface area contributed by atoms with E-state index in [0.717, 1.165) is 43.6 Å². The highest BCUT2D eigenvalue weighted by Crippen LogP contribution is 2.49. The Morgan fingerprint density at radius 3 is 2.71 bits per heavy atom. The number of carbonyl (C=O) groups excluding carboxylic acids is 1. The average molecular weight is 354 g/mol. The normalized spacial score (nSPS) is 29.5. The van der Waals surface area contributed by atoms with Crippen molar-refractivity contribution in [3.8, 4) is 0 Å². The quantitative estimate of drug-likeness (QED) is 0.872. The van der Waals surface area contributed by atoms with E-state index in [1.807, 2.05) is 7.05 Å². The Morgan fingerprint density at radius 1 is 1.25 bits per heavy atom. The van der Waals surface area contributed by atoms with Gasteiger partial charge < -0.3 is 5.32 Å². The molecule has 2 aliphatic carbocycles. The maximum absolute atomic E-state index is 12.4. The summed E-state index contributed by atoms with van der Waals surface area (Å²) in [5, 5.41) is 10.9. The topological polar surface area (TPSA) is 71.8 Å². The van der Waals surface area contributed by atoms with Crippen molar-refractivity contribution in [1.29, 1.82) is 0 Å². The number of halogens is 1. The third-order valence-electron chi connectivity index (χ3n) is 6.07. The smallest absolute Gasteiger partial charge is 0.227 e. The highest BCUT2D eigenvalue weighted by Gasteiger charge is 2.40. The fourth-order valence-electron chi connectivity index (χ4n) is 4.81. The number of nitrogens with one attached hydrogen (secondary N) is 2. The van der Waals surface area contributed by atoms with E-state index in [9.17, 15) is 4.79 Å². The number of hydrogen-bond acceptors (Lipinski definition) is 4. The molecule has 6 nitrogen and oxygen atoms in total. The molecule has 0 radical (unpaired) electrons. The minimum atomic E-state index is 0. The van der Waals surface area contributed by atoms with Gasteiger partial charge in [-0.2, -0.15) is 10.1 Å². The summed E-state index contributed by atoms with van der Waals surface area (Å²) < 4.78 is 1.72. The Morgan fingerprint density at radius 2 is 2.04 bits per heavy atom. The van der Waals surface area contributed by atoms with Crippen molar-refractivity contribution in [3.63, 3.8) is 0 Å². The zero-order valence-electron chi connectivity index (χ0n) is 14.3. The van der Waals surface area contributed by atoms with E-state index in [1.165, 1.54) is 25.7 Å². The summed E-state index contributed by atoms with van der Waals surface area (Å²) in [7, 11) is 1.87. The lowest BCUT2D eigenvalue weighted by atomic mass is 9.86. The Balaban J connectivity index is 0.00000169. The maximum Gasteiger partial charge on any atom is 0.227 e. The van der Waals surface area contributed by atoms with Crippen LogP contribution in [0.1, 0.15) is 56.7 Å². The van der Waals surface area contributed by atoms with Crippen LogP contribution in [0.5, 0.6) is 0 Å². The number of carbonyl (C=O) groups is 1. The van der Waals surface area contributed by atoms with E-state index in [0.29, 0.717) is 24.2 Å². The van der Waals surface area contributed by atoms with Gasteiger partial charge in [0.2, 0.25) is 11.9 Å². The van der Waals surface area contributed by atoms with Crippen molar-refractivity contribution >= 4 is 24.3 Å². The molecule has 4 rings (SSSR count). The van der Waals surface area contributed by atoms with Gasteiger partial charge in [0.15, 0.2) is 5.82 Å². The van der Waals surface area contributed by atoms with Crippen LogP contribution in [0.4, 0.5) is 5.95 Å². The number of anilines is 1. The Bertz CT molecular complexity index is 584. The minimum Gasteiger partial charge on any atom is -0.317 e. The molecule has 3 unspecified atom stereocenters. The number of piperidine rings is 1. The predicted octanol–water partition coefficient (Wildman–Crippen LogP) is 2.47. The zero-order chi connectivity index (χ0) is 15.8. The van der Waals surface area contributed by atoms with Gasteiger partial charge in [0.1, 0.15) is 0 Å². The summed E-state index contributed by atoms with van der Waals surface area (Å²) in [5.74, 6) is 4.27. The molecule has 2 bridgehead atoms. The lowest BCUT2D eigenvalue weighted by Crippen LogP contribution is -2.27. The Kier molecular flexibility index (Phi) is 5.45. The van der Waals surface area contributed by atoms with E-state index in [-0.39, 0.29) is 18.3 Å². The van der Waals surface area contributed by atoms with Gasteiger partial charge in [0, 0.05) is 19.4 Å². The predicted molar refractivity (Wildman–Crippen MR) is 95.3 cm³/mol. The molecule has 2 heterocycles. The first-order valence-electron chi connectivity index (χ1n) is 9.10. The Hall–Kier alpha value is -1.14. The van der Waals surface area contributed by atoms with Gasteiger partial charge >= 0.3 is 0 Å². The van der Waals surface area contributed by atoms with Crippen LogP contribution < -0.4 is 10.6 Å². The van der Waals surface area contributed by atoms with Crippen molar-refractivity contribution in [3.05, 3.63) is 5.82 Å². The first-order chi connectivity index (χ1) is 11.2. The largest absolute Gasteiger partial charge is 0.317 e. The van der Waals surface area contributed by atoms with Gasteiger partial charge in [0.05, 0.1) is 0 Å². The molecule has 2 saturated carbocycles. The van der Waals surface area contributed by atoms with Gasteiger partial charge in [0.25, 0.3) is 0 Å². The number of aromatic nitrogens is 3. The molecule has 0 aromatic carbocycles. The van der Waals surface area contributed by atoms with E-state index in [4.69, 9.17) is 0 Å². The van der Waals surface area contributed by atoms with Crippen molar-refractivity contribution < 1.29 is 4.79 Å². The second-order valence-electron chi connectivity index (χ2n) is 7.63. The van der Waals surface area contributed by atoms with Crippen LogP contribution in [-0.4, -0.2) is 33.8 Å². The lowest BCUT2D eigenvalue weighted by Gasteiger charge is -2.20. The first kappa shape index (κ1) is 17.7. The lowest BCUT2D eigenvalue weighted by molar-refractivity contribution is -0.117. The summed E-state index contributed by atoms with van der Waals surface area (Å²) >= 11 is 0. The van der Waals surface area contributed by atoms with Gasteiger partial charge in [-0.05, 0) is 62.9 Å². The highest BCUT2D eigenvalue weighted by atomic mass is 35.5. The fourth-order valence-corrected chi connectivity index (χ4v) is 4.81. The van der Waals surface area contributed by atoms with Crippen LogP contribution in [0.15, 0.2) is 0 Å². The molecule has 1 saturated heterocycles. The summed E-state index contributed by atoms with van der Waals surface area (Å²) in [6.45, 7) is 2.05. The van der Waals surface area contributed by atoms with Crippen LogP contribution in [0.2, 0.25) is 0 Å². The second-order valence-corrected chi connectivity index (χ2v) is 7.63. The van der Waals surface area contributed by atoms with Crippen LogP contribution >= 0.6 is 12.4 Å². The maximum atomic E-state index is 12.4. The van der Waals surface area contributed by atoms with E-state index < -0.39 is 0 Å². The molecule has 3 atom stereocenters. The van der Waals surface area contributed by atoms with Gasteiger partial charge in [-0.15, -0.1) is 12.4 Å². The third-order valence-corrected chi connectivity index (χ3v) is 6.07. The van der Waals surface area contributed by atoms with Gasteiger partial charge in [-0.25, -0.2) is 4.68 Å². The summed E-state index contributed by atoms with van der Waals surface area (Å²) in [5.41, 5.74) is 0. The number of rotatable bonds is 4. The van der Waals surface area contributed by atoms with Crippen molar-refractivity contribution in [2.75, 3.05) is 18.4 Å². The molecule has 2 N–H and O–H groups in total. The first-order valence-corrected chi connectivity index (χ1v) is 9.10. The van der Waals surface area contributed by atoms with Gasteiger partial charge in [-0.1, -0.05) is 6.42 Å². The monoisotopic (exact) mass is 353 g/mol. The third kappa shape index (κ3) is 3.59. The fraction of sp³-hybridized carbons (Fsp3) is 0.824. The van der Waals surface area contributed by atoms with Crippen molar-refractivity contribution in [2.45, 2.75) is 50.9 Å². The van der Waals surface area contributed by atoms with Crippen LogP contribution in [-0.2, 0) is 11.8 Å². The molecule has 134 valence electrons. The average Bonchev–Trinajstić information content (AvgIpc) is 3.25. The molecule has 0 spiro atoms. The summed E-state index contributed by atoms with van der Waals surface area (Å²) in [6.07, 6.45) is 8.10. The summed E-state index contributed by atoms with van der Waals surface area (Å²) in [4.78, 5) is 17.0. The van der Waals surface area contributed by atoms with Crippen molar-refractivity contribution in [2.24, 2.45) is 24.8 Å². The zero-order valence-corrected chi connectivity index (χ0v) is 15.1. The second kappa shape index (κ2) is 7.40. The highest BCUT2D eigenvalue weighted by molar-refractivity contribution is 5.89. The van der Waals surface area contributed by atoms with E-state index in [1.54, 1.807) is 4.68 Å². The van der Waals surface area contributed by atoms with E-state index in [2.05, 4.69) is 20.7 Å². The number of aryl methyl sites for hydroxylation is 1. The molecule has 3 aliphatic rings. The number of hydrogen-bond donors (Lipinski definition) is 2. The number of fused-ring (bicyclic) bond motifs is 2. The molecular formula is C17H28ClN5O. The Labute approximate surface area is 149 Å². The van der Waals surface area contributed by atoms with Crippen LogP contribution in [0.3, 0.4) is 0 Å². The van der Waals surface area contributed by atoms with Crippen LogP contribution in [0, 0.1) is 17.8 Å². The van der Waals surface area contributed by atoms with E-state index >= 15 is 0 Å². The van der Waals surface area contributed by atoms with Gasteiger partial charge in [-0.3, -0.25) is 10.1 Å². The molecule has 7 heteroatoms. The molecule has 24 heavy (non-hydrogen) atoms. The molecular weight excluding hydrogens is 326 g/mol. The number of nitrogens with zero attached hydrogens (tertiary/aromatic N) is 3. The standard InChI is InChI=1S/C17H27N5O.ClH/c1-22-17(20-16(21-22)12-4-6-18-7-5-12)19-15(23)10-14-9-11-2-3-13(14)8-11;/h11-14,18H,2-10H2,1H3,(H,19,20,21,23);1H. The number of amides is 1. The molecule has 1 aliphatic heterocycles. The molecule has 1 aromatic rings.